The van der Waals surface area contributed by atoms with Gasteiger partial charge in [0, 0.05) is 19.6 Å². The smallest absolute Gasteiger partial charge is 0.0942 e. The van der Waals surface area contributed by atoms with Crippen LogP contribution in [0.1, 0.15) is 13.8 Å². The van der Waals surface area contributed by atoms with Crippen molar-refractivity contribution in [2.75, 3.05) is 36.5 Å². The normalized spacial score (nSPS) is 12.3. The molecule has 1 rings (SSSR count). The van der Waals surface area contributed by atoms with Gasteiger partial charge in [-0.3, -0.25) is 0 Å². The number of anilines is 2. The zero-order valence-electron chi connectivity index (χ0n) is 10.9. The fourth-order valence-corrected chi connectivity index (χ4v) is 2.11. The molecule has 0 aliphatic carbocycles. The lowest BCUT2D eigenvalue weighted by molar-refractivity contribution is 0.105. The molecule has 0 saturated carbocycles. The molecular formula is C13H21ClN2O2. The molecule has 102 valence electrons. The van der Waals surface area contributed by atoms with Crippen molar-refractivity contribution < 1.29 is 10.2 Å². The first-order valence-corrected chi connectivity index (χ1v) is 6.58. The van der Waals surface area contributed by atoms with Crippen LogP contribution < -0.4 is 10.2 Å². The number of nitrogens with one attached hydrogen (secondary N) is 1. The minimum Gasteiger partial charge on any atom is -0.394 e. The van der Waals surface area contributed by atoms with Gasteiger partial charge in [-0.1, -0.05) is 17.7 Å². The largest absolute Gasteiger partial charge is 0.394 e. The summed E-state index contributed by atoms with van der Waals surface area (Å²) in [5, 5.41) is 22.0. The third-order valence-electron chi connectivity index (χ3n) is 2.81. The summed E-state index contributed by atoms with van der Waals surface area (Å²) in [6.07, 6.45) is -0.770. The number of halogens is 1. The van der Waals surface area contributed by atoms with Crippen molar-refractivity contribution in [1.82, 2.24) is 0 Å². The van der Waals surface area contributed by atoms with Gasteiger partial charge in [-0.2, -0.15) is 0 Å². The lowest BCUT2D eigenvalue weighted by Gasteiger charge is -2.26. The van der Waals surface area contributed by atoms with E-state index in [9.17, 15) is 5.11 Å². The van der Waals surface area contributed by atoms with Crippen molar-refractivity contribution in [2.45, 2.75) is 20.0 Å². The van der Waals surface area contributed by atoms with Gasteiger partial charge in [0.1, 0.15) is 0 Å². The Kier molecular flexibility index (Phi) is 6.25. The first kappa shape index (κ1) is 15.1. The molecule has 1 aromatic carbocycles. The van der Waals surface area contributed by atoms with Gasteiger partial charge >= 0.3 is 0 Å². The first-order valence-electron chi connectivity index (χ1n) is 6.20. The van der Waals surface area contributed by atoms with Crippen LogP contribution in [0.4, 0.5) is 11.4 Å². The monoisotopic (exact) mass is 272 g/mol. The third-order valence-corrected chi connectivity index (χ3v) is 3.11. The van der Waals surface area contributed by atoms with E-state index in [1.807, 2.05) is 18.2 Å². The van der Waals surface area contributed by atoms with Crippen LogP contribution in [0.5, 0.6) is 0 Å². The molecule has 0 aliphatic rings. The summed E-state index contributed by atoms with van der Waals surface area (Å²) >= 11 is 6.24. The molecule has 0 aromatic heterocycles. The average molecular weight is 273 g/mol. The van der Waals surface area contributed by atoms with E-state index in [2.05, 4.69) is 24.1 Å². The molecule has 0 amide bonds. The number of para-hydroxylation sites is 1. The fourth-order valence-electron chi connectivity index (χ4n) is 1.81. The minimum absolute atomic E-state index is 0.256. The van der Waals surface area contributed by atoms with Crippen LogP contribution in [-0.4, -0.2) is 42.6 Å². The number of hydrogen-bond donors (Lipinski definition) is 3. The van der Waals surface area contributed by atoms with Gasteiger partial charge < -0.3 is 20.4 Å². The van der Waals surface area contributed by atoms with E-state index in [0.717, 1.165) is 24.5 Å². The molecule has 0 fully saturated rings. The number of aliphatic hydroxyl groups excluding tert-OH is 2. The van der Waals surface area contributed by atoms with Crippen molar-refractivity contribution in [3.8, 4) is 0 Å². The zero-order chi connectivity index (χ0) is 13.5. The molecular weight excluding hydrogens is 252 g/mol. The zero-order valence-corrected chi connectivity index (χ0v) is 11.6. The van der Waals surface area contributed by atoms with Crippen molar-refractivity contribution >= 4 is 23.0 Å². The van der Waals surface area contributed by atoms with Crippen LogP contribution in [0.3, 0.4) is 0 Å². The molecule has 3 N–H and O–H groups in total. The summed E-state index contributed by atoms with van der Waals surface area (Å²) in [6, 6.07) is 5.63. The maximum atomic E-state index is 9.37. The number of rotatable bonds is 7. The summed E-state index contributed by atoms with van der Waals surface area (Å²) in [5.41, 5.74) is 1.81. The first-order chi connectivity index (χ1) is 8.63. The minimum atomic E-state index is -0.770. The summed E-state index contributed by atoms with van der Waals surface area (Å²) in [6.45, 7) is 5.90. The van der Waals surface area contributed by atoms with Crippen molar-refractivity contribution in [1.29, 1.82) is 0 Å². The maximum absolute atomic E-state index is 9.37. The third kappa shape index (κ3) is 3.77. The Bertz CT molecular complexity index is 370. The van der Waals surface area contributed by atoms with Crippen LogP contribution in [-0.2, 0) is 0 Å². The van der Waals surface area contributed by atoms with Gasteiger partial charge in [-0.05, 0) is 26.0 Å². The summed E-state index contributed by atoms with van der Waals surface area (Å²) in [7, 11) is 0. The van der Waals surface area contributed by atoms with Gasteiger partial charge in [0.15, 0.2) is 0 Å². The average Bonchev–Trinajstić information content (AvgIpc) is 2.39. The van der Waals surface area contributed by atoms with Crippen LogP contribution in [0, 0.1) is 0 Å². The molecule has 1 atom stereocenters. The van der Waals surface area contributed by atoms with E-state index in [1.165, 1.54) is 0 Å². The molecule has 1 unspecified atom stereocenters. The molecule has 0 heterocycles. The van der Waals surface area contributed by atoms with E-state index in [4.69, 9.17) is 16.7 Å². The standard InChI is InChI=1S/C13H21ClN2O2/c1-3-16(4-2)13-11(14)6-5-7-12(13)15-8-10(18)9-17/h5-7,10,15,17-18H,3-4,8-9H2,1-2H3. The number of aliphatic hydroxyl groups is 2. The number of nitrogens with zero attached hydrogens (tertiary/aromatic N) is 1. The molecule has 0 spiro atoms. The second-order valence-corrected chi connectivity index (χ2v) is 4.43. The van der Waals surface area contributed by atoms with Crippen LogP contribution in [0.15, 0.2) is 18.2 Å². The predicted octanol–water partition coefficient (Wildman–Crippen LogP) is 1.95. The van der Waals surface area contributed by atoms with E-state index >= 15 is 0 Å². The van der Waals surface area contributed by atoms with Gasteiger partial charge in [-0.25, -0.2) is 0 Å². The molecule has 0 bridgehead atoms. The van der Waals surface area contributed by atoms with E-state index < -0.39 is 6.10 Å². The van der Waals surface area contributed by atoms with E-state index in [1.54, 1.807) is 0 Å². The lowest BCUT2D eigenvalue weighted by atomic mass is 10.2. The van der Waals surface area contributed by atoms with Crippen molar-refractivity contribution in [3.05, 3.63) is 23.2 Å². The van der Waals surface area contributed by atoms with Crippen LogP contribution in [0.2, 0.25) is 5.02 Å². The number of hydrogen-bond acceptors (Lipinski definition) is 4. The molecule has 0 aliphatic heterocycles. The molecule has 0 radical (unpaired) electrons. The van der Waals surface area contributed by atoms with Crippen molar-refractivity contribution in [3.63, 3.8) is 0 Å². The Morgan fingerprint density at radius 1 is 1.33 bits per heavy atom. The van der Waals surface area contributed by atoms with Gasteiger partial charge in [-0.15, -0.1) is 0 Å². The summed E-state index contributed by atoms with van der Waals surface area (Å²) < 4.78 is 0. The Hall–Kier alpha value is -0.970. The van der Waals surface area contributed by atoms with Crippen LogP contribution >= 0.6 is 11.6 Å². The highest BCUT2D eigenvalue weighted by Crippen LogP contribution is 2.33. The Morgan fingerprint density at radius 3 is 2.56 bits per heavy atom. The van der Waals surface area contributed by atoms with E-state index in [-0.39, 0.29) is 6.61 Å². The van der Waals surface area contributed by atoms with E-state index in [0.29, 0.717) is 11.6 Å². The highest BCUT2D eigenvalue weighted by molar-refractivity contribution is 6.34. The Morgan fingerprint density at radius 2 is 2.00 bits per heavy atom. The van der Waals surface area contributed by atoms with Gasteiger partial charge in [0.25, 0.3) is 0 Å². The second-order valence-electron chi connectivity index (χ2n) is 4.03. The second kappa shape index (κ2) is 7.46. The van der Waals surface area contributed by atoms with Crippen LogP contribution in [0.25, 0.3) is 0 Å². The Balaban J connectivity index is 2.92. The molecule has 0 saturated heterocycles. The summed E-state index contributed by atoms with van der Waals surface area (Å²) in [5.74, 6) is 0. The highest BCUT2D eigenvalue weighted by atomic mass is 35.5. The molecule has 1 aromatic rings. The molecule has 5 heteroatoms. The quantitative estimate of drug-likeness (QED) is 0.710. The predicted molar refractivity (Wildman–Crippen MR) is 76.6 cm³/mol. The maximum Gasteiger partial charge on any atom is 0.0942 e. The molecule has 4 nitrogen and oxygen atoms in total. The van der Waals surface area contributed by atoms with Gasteiger partial charge in [0.2, 0.25) is 0 Å². The topological polar surface area (TPSA) is 55.7 Å². The summed E-state index contributed by atoms with van der Waals surface area (Å²) in [4.78, 5) is 2.15. The lowest BCUT2D eigenvalue weighted by Crippen LogP contribution is -2.26. The van der Waals surface area contributed by atoms with Crippen molar-refractivity contribution in [2.24, 2.45) is 0 Å². The highest BCUT2D eigenvalue weighted by Gasteiger charge is 2.13. The molecule has 18 heavy (non-hydrogen) atoms. The number of benzene rings is 1. The Labute approximate surface area is 113 Å². The SMILES string of the molecule is CCN(CC)c1c(Cl)cccc1NCC(O)CO. The fraction of sp³-hybridized carbons (Fsp3) is 0.538. The van der Waals surface area contributed by atoms with Gasteiger partial charge in [0.05, 0.1) is 29.1 Å².